The van der Waals surface area contributed by atoms with Gasteiger partial charge in [0.1, 0.15) is 0 Å². The number of nitrogens with two attached hydrogens (primary N) is 1. The van der Waals surface area contributed by atoms with E-state index < -0.39 is 4.92 Å². The Hall–Kier alpha value is -1.95. The average molecular weight is 263 g/mol. The molecule has 1 aliphatic rings. The topological polar surface area (TPSA) is 89.5 Å². The molecule has 19 heavy (non-hydrogen) atoms. The van der Waals surface area contributed by atoms with Crippen LogP contribution in [-0.2, 0) is 4.79 Å². The summed E-state index contributed by atoms with van der Waals surface area (Å²) in [6, 6.07) is 5.81. The zero-order chi connectivity index (χ0) is 14.0. The second kappa shape index (κ2) is 5.36. The molecule has 1 aromatic carbocycles. The summed E-state index contributed by atoms with van der Waals surface area (Å²) < 4.78 is 0. The lowest BCUT2D eigenvalue weighted by atomic mass is 10.00. The van der Waals surface area contributed by atoms with Gasteiger partial charge in [-0.3, -0.25) is 14.9 Å². The molecule has 1 amide bonds. The maximum atomic E-state index is 11.9. The second-order valence-electron chi connectivity index (χ2n) is 4.75. The second-order valence-corrected chi connectivity index (χ2v) is 4.75. The van der Waals surface area contributed by atoms with Crippen LogP contribution in [0.1, 0.15) is 31.4 Å². The Bertz CT molecular complexity index is 504. The Labute approximate surface area is 111 Å². The summed E-state index contributed by atoms with van der Waals surface area (Å²) in [6.07, 6.45) is 1.14. The number of carbonyl (C=O) groups is 1. The first-order valence-corrected chi connectivity index (χ1v) is 6.34. The number of rotatable bonds is 4. The Balaban J connectivity index is 2.35. The van der Waals surface area contributed by atoms with E-state index in [1.54, 1.807) is 17.0 Å². The lowest BCUT2D eigenvalue weighted by molar-refractivity contribution is -0.384. The number of carbonyl (C=O) groups excluding carboxylic acids is 1. The van der Waals surface area contributed by atoms with Gasteiger partial charge in [-0.2, -0.15) is 0 Å². The molecule has 6 nitrogen and oxygen atoms in total. The molecule has 2 atom stereocenters. The number of nitro groups is 1. The highest BCUT2D eigenvalue weighted by Crippen LogP contribution is 2.33. The van der Waals surface area contributed by atoms with Crippen molar-refractivity contribution in [2.45, 2.75) is 31.8 Å². The third kappa shape index (κ3) is 2.58. The minimum absolute atomic E-state index is 0.0193. The van der Waals surface area contributed by atoms with Crippen LogP contribution in [0.2, 0.25) is 0 Å². The lowest BCUT2D eigenvalue weighted by Gasteiger charge is -2.26. The Morgan fingerprint density at radius 1 is 1.53 bits per heavy atom. The first kappa shape index (κ1) is 13.5. The van der Waals surface area contributed by atoms with Crippen LogP contribution >= 0.6 is 0 Å². The van der Waals surface area contributed by atoms with Gasteiger partial charge in [0.05, 0.1) is 11.0 Å². The predicted molar refractivity (Wildman–Crippen MR) is 70.4 cm³/mol. The maximum absolute atomic E-state index is 11.9. The van der Waals surface area contributed by atoms with E-state index in [0.29, 0.717) is 13.0 Å². The van der Waals surface area contributed by atoms with Gasteiger partial charge >= 0.3 is 0 Å². The lowest BCUT2D eigenvalue weighted by Crippen LogP contribution is -2.33. The van der Waals surface area contributed by atoms with Gasteiger partial charge in [0.2, 0.25) is 5.91 Å². The molecule has 1 heterocycles. The van der Waals surface area contributed by atoms with Crippen molar-refractivity contribution in [3.63, 3.8) is 0 Å². The van der Waals surface area contributed by atoms with Crippen molar-refractivity contribution in [1.82, 2.24) is 4.90 Å². The molecule has 1 aromatic rings. The van der Waals surface area contributed by atoms with E-state index in [1.807, 2.05) is 6.92 Å². The monoisotopic (exact) mass is 263 g/mol. The Kier molecular flexibility index (Phi) is 3.80. The largest absolute Gasteiger partial charge is 0.334 e. The normalized spacial score (nSPS) is 22.8. The summed E-state index contributed by atoms with van der Waals surface area (Å²) in [4.78, 5) is 24.0. The molecule has 0 saturated carbocycles. The van der Waals surface area contributed by atoms with Crippen LogP contribution in [0, 0.1) is 10.1 Å². The van der Waals surface area contributed by atoms with Crippen LogP contribution in [0.4, 0.5) is 5.69 Å². The molecule has 1 fully saturated rings. The van der Waals surface area contributed by atoms with Gasteiger partial charge in [-0.05, 0) is 12.0 Å². The van der Waals surface area contributed by atoms with Crippen molar-refractivity contribution in [2.24, 2.45) is 5.73 Å². The highest BCUT2D eigenvalue weighted by atomic mass is 16.6. The summed E-state index contributed by atoms with van der Waals surface area (Å²) >= 11 is 0. The van der Waals surface area contributed by atoms with Crippen LogP contribution in [-0.4, -0.2) is 28.3 Å². The molecular formula is C13H17N3O3. The minimum Gasteiger partial charge on any atom is -0.334 e. The highest BCUT2D eigenvalue weighted by molar-refractivity contribution is 5.80. The van der Waals surface area contributed by atoms with Crippen molar-refractivity contribution < 1.29 is 9.72 Å². The van der Waals surface area contributed by atoms with Crippen molar-refractivity contribution >= 4 is 11.6 Å². The first-order valence-electron chi connectivity index (χ1n) is 6.34. The molecule has 1 saturated heterocycles. The zero-order valence-electron chi connectivity index (χ0n) is 10.8. The van der Waals surface area contributed by atoms with Gasteiger partial charge < -0.3 is 10.6 Å². The van der Waals surface area contributed by atoms with Gasteiger partial charge in [0.15, 0.2) is 0 Å². The van der Waals surface area contributed by atoms with E-state index in [-0.39, 0.29) is 23.7 Å². The number of hydrogen-bond acceptors (Lipinski definition) is 4. The summed E-state index contributed by atoms with van der Waals surface area (Å²) in [7, 11) is 0. The van der Waals surface area contributed by atoms with E-state index in [1.165, 1.54) is 12.1 Å². The van der Waals surface area contributed by atoms with Crippen LogP contribution < -0.4 is 5.73 Å². The molecule has 102 valence electrons. The van der Waals surface area contributed by atoms with E-state index in [9.17, 15) is 14.9 Å². The predicted octanol–water partition coefficient (Wildman–Crippen LogP) is 1.61. The summed E-state index contributed by atoms with van der Waals surface area (Å²) in [5.41, 5.74) is 6.78. The van der Waals surface area contributed by atoms with E-state index >= 15 is 0 Å². The van der Waals surface area contributed by atoms with Gasteiger partial charge in [0, 0.05) is 31.1 Å². The van der Waals surface area contributed by atoms with Gasteiger partial charge in [0.25, 0.3) is 5.69 Å². The average Bonchev–Trinajstić information content (AvgIpc) is 2.65. The fourth-order valence-corrected chi connectivity index (χ4v) is 2.57. The van der Waals surface area contributed by atoms with Crippen molar-refractivity contribution in [1.29, 1.82) is 0 Å². The third-order valence-corrected chi connectivity index (χ3v) is 3.36. The zero-order valence-corrected chi connectivity index (χ0v) is 10.8. The van der Waals surface area contributed by atoms with E-state index in [0.717, 1.165) is 12.0 Å². The summed E-state index contributed by atoms with van der Waals surface area (Å²) in [6.45, 7) is 2.61. The molecule has 0 radical (unpaired) electrons. The Morgan fingerprint density at radius 3 is 2.89 bits per heavy atom. The number of nitro benzene ring substituents is 1. The standard InChI is InChI=1S/C13H17N3O3/c1-2-6-15-12(17)8-11(14)13(15)9-4-3-5-10(7-9)16(18)19/h3-5,7,11,13H,2,6,8,14H2,1H3. The molecule has 2 rings (SSSR count). The summed E-state index contributed by atoms with van der Waals surface area (Å²) in [5, 5.41) is 10.8. The van der Waals surface area contributed by atoms with Crippen LogP contribution in [0.5, 0.6) is 0 Å². The highest BCUT2D eigenvalue weighted by Gasteiger charge is 2.38. The fourth-order valence-electron chi connectivity index (χ4n) is 2.57. The minimum atomic E-state index is -0.435. The van der Waals surface area contributed by atoms with Gasteiger partial charge in [-0.25, -0.2) is 0 Å². The number of benzene rings is 1. The van der Waals surface area contributed by atoms with Crippen molar-refractivity contribution in [3.8, 4) is 0 Å². The third-order valence-electron chi connectivity index (χ3n) is 3.36. The molecule has 0 spiro atoms. The quantitative estimate of drug-likeness (QED) is 0.660. The number of non-ortho nitro benzene ring substituents is 1. The SMILES string of the molecule is CCCN1C(=O)CC(N)C1c1cccc([N+](=O)[O-])c1. The van der Waals surface area contributed by atoms with Gasteiger partial charge in [-0.15, -0.1) is 0 Å². The fraction of sp³-hybridized carbons (Fsp3) is 0.462. The van der Waals surface area contributed by atoms with Crippen LogP contribution in [0.3, 0.4) is 0 Å². The smallest absolute Gasteiger partial charge is 0.269 e. The molecule has 0 aliphatic carbocycles. The maximum Gasteiger partial charge on any atom is 0.269 e. The molecular weight excluding hydrogens is 246 g/mol. The molecule has 2 unspecified atom stereocenters. The molecule has 6 heteroatoms. The Morgan fingerprint density at radius 2 is 2.26 bits per heavy atom. The molecule has 0 aromatic heterocycles. The number of nitrogens with zero attached hydrogens (tertiary/aromatic N) is 2. The number of likely N-dealkylation sites (tertiary alicyclic amines) is 1. The molecule has 1 aliphatic heterocycles. The molecule has 2 N–H and O–H groups in total. The summed E-state index contributed by atoms with van der Waals surface area (Å²) in [5.74, 6) is 0.0193. The van der Waals surface area contributed by atoms with Crippen LogP contribution in [0.25, 0.3) is 0 Å². The first-order chi connectivity index (χ1) is 9.04. The van der Waals surface area contributed by atoms with Crippen molar-refractivity contribution in [2.75, 3.05) is 6.54 Å². The van der Waals surface area contributed by atoms with Crippen LogP contribution in [0.15, 0.2) is 24.3 Å². The van der Waals surface area contributed by atoms with E-state index in [2.05, 4.69) is 0 Å². The van der Waals surface area contributed by atoms with Gasteiger partial charge in [-0.1, -0.05) is 19.1 Å². The number of amides is 1. The molecule has 0 bridgehead atoms. The van der Waals surface area contributed by atoms with Crippen molar-refractivity contribution in [3.05, 3.63) is 39.9 Å². The number of hydrogen-bond donors (Lipinski definition) is 1. The van der Waals surface area contributed by atoms with E-state index in [4.69, 9.17) is 5.73 Å².